The molecule has 0 aliphatic heterocycles. The molecule has 1 atom stereocenters. The van der Waals surface area contributed by atoms with Crippen LogP contribution in [0.25, 0.3) is 11.1 Å². The normalized spacial score (nSPS) is 11.3. The fraction of sp³-hybridized carbons (Fsp3) is 0.211. The fourth-order valence-corrected chi connectivity index (χ4v) is 2.33. The number of unbranched alkanes of at least 4 members (excludes halogenated alkanes) is 1. The van der Waals surface area contributed by atoms with Gasteiger partial charge in [0.1, 0.15) is 6.04 Å². The molecule has 2 aromatic carbocycles. The van der Waals surface area contributed by atoms with Crippen molar-refractivity contribution in [3.63, 3.8) is 0 Å². The molecule has 0 radical (unpaired) electrons. The summed E-state index contributed by atoms with van der Waals surface area (Å²) in [6.07, 6.45) is 0.933. The number of rotatable bonds is 7. The number of nitrogens with zero attached hydrogens (tertiary/aromatic N) is 1. The molecule has 2 N–H and O–H groups in total. The Balaban J connectivity index is 2.03. The molecule has 0 aliphatic rings. The van der Waals surface area contributed by atoms with Crippen molar-refractivity contribution in [1.82, 2.24) is 5.32 Å². The molecule has 5 heteroatoms. The Morgan fingerprint density at radius 2 is 1.67 bits per heavy atom. The molecule has 0 fully saturated rings. The summed E-state index contributed by atoms with van der Waals surface area (Å²) in [5.74, 6) is -1.53. The lowest BCUT2D eigenvalue weighted by Gasteiger charge is -2.14. The maximum absolute atomic E-state index is 12.2. The highest BCUT2D eigenvalue weighted by Crippen LogP contribution is 2.19. The summed E-state index contributed by atoms with van der Waals surface area (Å²) >= 11 is 0. The van der Waals surface area contributed by atoms with E-state index in [0.29, 0.717) is 12.0 Å². The zero-order valence-electron chi connectivity index (χ0n) is 13.1. The third-order valence-corrected chi connectivity index (χ3v) is 3.64. The van der Waals surface area contributed by atoms with Gasteiger partial charge in [-0.05, 0) is 36.1 Å². The molecule has 5 nitrogen and oxygen atoms in total. The molecule has 0 saturated carbocycles. The van der Waals surface area contributed by atoms with Crippen LogP contribution in [0.15, 0.2) is 54.6 Å². The van der Waals surface area contributed by atoms with E-state index < -0.39 is 17.9 Å². The zero-order chi connectivity index (χ0) is 17.4. The second-order valence-electron chi connectivity index (χ2n) is 5.36. The Labute approximate surface area is 140 Å². The van der Waals surface area contributed by atoms with Crippen molar-refractivity contribution in [2.75, 3.05) is 0 Å². The second kappa shape index (κ2) is 8.49. The van der Waals surface area contributed by atoms with Crippen LogP contribution in [0.3, 0.4) is 0 Å². The number of benzene rings is 2. The first-order valence-corrected chi connectivity index (χ1v) is 7.68. The summed E-state index contributed by atoms with van der Waals surface area (Å²) in [6, 6.07) is 17.7. The van der Waals surface area contributed by atoms with Gasteiger partial charge in [0.15, 0.2) is 0 Å². The minimum atomic E-state index is -1.10. The van der Waals surface area contributed by atoms with Gasteiger partial charge in [0.25, 0.3) is 5.91 Å². The van der Waals surface area contributed by atoms with Crippen molar-refractivity contribution in [2.24, 2.45) is 0 Å². The van der Waals surface area contributed by atoms with Gasteiger partial charge in [0, 0.05) is 12.0 Å². The van der Waals surface area contributed by atoms with Gasteiger partial charge in [-0.15, -0.1) is 0 Å². The molecule has 0 aliphatic carbocycles. The minimum absolute atomic E-state index is 0.233. The average molecular weight is 322 g/mol. The van der Waals surface area contributed by atoms with E-state index in [-0.39, 0.29) is 12.8 Å². The minimum Gasteiger partial charge on any atom is -0.480 e. The molecule has 0 heterocycles. The average Bonchev–Trinajstić information content (AvgIpc) is 2.61. The molecule has 0 saturated heterocycles. The van der Waals surface area contributed by atoms with Crippen LogP contribution in [-0.2, 0) is 4.79 Å². The van der Waals surface area contributed by atoms with Gasteiger partial charge in [-0.2, -0.15) is 5.26 Å². The Morgan fingerprint density at radius 3 is 2.25 bits per heavy atom. The predicted octanol–water partition coefficient (Wildman–Crippen LogP) is 3.23. The number of nitriles is 1. The van der Waals surface area contributed by atoms with Crippen LogP contribution in [0.1, 0.15) is 29.6 Å². The van der Waals surface area contributed by atoms with E-state index in [9.17, 15) is 9.59 Å². The van der Waals surface area contributed by atoms with E-state index in [4.69, 9.17) is 10.4 Å². The number of aliphatic carboxylic acids is 1. The molecule has 0 aromatic heterocycles. The van der Waals surface area contributed by atoms with Crippen LogP contribution in [0.2, 0.25) is 0 Å². The van der Waals surface area contributed by atoms with Crippen LogP contribution in [-0.4, -0.2) is 23.0 Å². The number of hydrogen-bond donors (Lipinski definition) is 2. The highest BCUT2D eigenvalue weighted by Gasteiger charge is 2.20. The lowest BCUT2D eigenvalue weighted by atomic mass is 10.0. The Hall–Kier alpha value is -3.13. The van der Waals surface area contributed by atoms with E-state index in [1.807, 2.05) is 48.5 Å². The number of carbonyl (C=O) groups is 2. The quantitative estimate of drug-likeness (QED) is 0.766. The van der Waals surface area contributed by atoms with Crippen molar-refractivity contribution in [3.05, 3.63) is 60.2 Å². The summed E-state index contributed by atoms with van der Waals surface area (Å²) in [7, 11) is 0. The fourth-order valence-electron chi connectivity index (χ4n) is 2.33. The van der Waals surface area contributed by atoms with E-state index in [1.165, 1.54) is 0 Å². The molecule has 0 unspecified atom stereocenters. The zero-order valence-corrected chi connectivity index (χ0v) is 13.1. The van der Waals surface area contributed by atoms with E-state index >= 15 is 0 Å². The van der Waals surface area contributed by atoms with Gasteiger partial charge >= 0.3 is 5.97 Å². The monoisotopic (exact) mass is 322 g/mol. The highest BCUT2D eigenvalue weighted by atomic mass is 16.4. The van der Waals surface area contributed by atoms with Crippen LogP contribution in [0.5, 0.6) is 0 Å². The number of amides is 1. The molecule has 122 valence electrons. The number of hydrogen-bond acceptors (Lipinski definition) is 3. The van der Waals surface area contributed by atoms with Crippen molar-refractivity contribution in [3.8, 4) is 17.2 Å². The Kier molecular flexibility index (Phi) is 6.09. The van der Waals surface area contributed by atoms with Crippen LogP contribution >= 0.6 is 0 Å². The molecule has 2 rings (SSSR count). The third kappa shape index (κ3) is 4.68. The van der Waals surface area contributed by atoms with Gasteiger partial charge in [0.05, 0.1) is 6.07 Å². The van der Waals surface area contributed by atoms with E-state index in [2.05, 4.69) is 5.32 Å². The number of carboxylic acid groups (broad SMARTS) is 1. The van der Waals surface area contributed by atoms with Gasteiger partial charge < -0.3 is 10.4 Å². The largest absolute Gasteiger partial charge is 0.480 e. The number of carboxylic acids is 1. The van der Waals surface area contributed by atoms with Gasteiger partial charge in [-0.25, -0.2) is 4.79 Å². The standard InChI is InChI=1S/C19H18N2O3/c20-13-5-4-8-17(19(23)24)21-18(22)16-11-9-15(10-12-16)14-6-2-1-3-7-14/h1-3,6-7,9-12,17H,4-5,8H2,(H,21,22)(H,23,24)/t17-/m1/s1. The first-order chi connectivity index (χ1) is 11.6. The second-order valence-corrected chi connectivity index (χ2v) is 5.36. The summed E-state index contributed by atoms with van der Waals surface area (Å²) in [4.78, 5) is 23.4. The molecule has 24 heavy (non-hydrogen) atoms. The maximum atomic E-state index is 12.2. The molecular formula is C19H18N2O3. The first-order valence-electron chi connectivity index (χ1n) is 7.68. The molecule has 0 spiro atoms. The topological polar surface area (TPSA) is 90.2 Å². The predicted molar refractivity (Wildman–Crippen MR) is 90.2 cm³/mol. The summed E-state index contributed by atoms with van der Waals surface area (Å²) in [5.41, 5.74) is 2.43. The summed E-state index contributed by atoms with van der Waals surface area (Å²) in [6.45, 7) is 0. The van der Waals surface area contributed by atoms with Gasteiger partial charge in [0.2, 0.25) is 0 Å². The SMILES string of the molecule is N#CCCC[C@@H](NC(=O)c1ccc(-c2ccccc2)cc1)C(=O)O. The molecule has 0 bridgehead atoms. The van der Waals surface area contributed by atoms with Crippen LogP contribution in [0, 0.1) is 11.3 Å². The molecule has 1 amide bonds. The smallest absolute Gasteiger partial charge is 0.326 e. The maximum Gasteiger partial charge on any atom is 0.326 e. The number of carbonyl (C=O) groups excluding carboxylic acids is 1. The van der Waals surface area contributed by atoms with Crippen LogP contribution < -0.4 is 5.32 Å². The molecule has 2 aromatic rings. The van der Waals surface area contributed by atoms with Crippen molar-refractivity contribution < 1.29 is 14.7 Å². The van der Waals surface area contributed by atoms with Crippen molar-refractivity contribution in [2.45, 2.75) is 25.3 Å². The summed E-state index contributed by atoms with van der Waals surface area (Å²) < 4.78 is 0. The first kappa shape index (κ1) is 17.2. The van der Waals surface area contributed by atoms with E-state index in [0.717, 1.165) is 11.1 Å². The lowest BCUT2D eigenvalue weighted by molar-refractivity contribution is -0.139. The van der Waals surface area contributed by atoms with Gasteiger partial charge in [-0.3, -0.25) is 4.79 Å². The third-order valence-electron chi connectivity index (χ3n) is 3.64. The lowest BCUT2D eigenvalue weighted by Crippen LogP contribution is -2.40. The summed E-state index contributed by atoms with van der Waals surface area (Å²) in [5, 5.41) is 20.2. The van der Waals surface area contributed by atoms with Crippen molar-refractivity contribution >= 4 is 11.9 Å². The molecular weight excluding hydrogens is 304 g/mol. The number of nitrogens with one attached hydrogen (secondary N) is 1. The highest BCUT2D eigenvalue weighted by molar-refractivity contribution is 5.97. The van der Waals surface area contributed by atoms with E-state index in [1.54, 1.807) is 12.1 Å². The van der Waals surface area contributed by atoms with Crippen LogP contribution in [0.4, 0.5) is 0 Å². The van der Waals surface area contributed by atoms with Crippen molar-refractivity contribution in [1.29, 1.82) is 5.26 Å². The Morgan fingerprint density at radius 1 is 1.04 bits per heavy atom. The van der Waals surface area contributed by atoms with Gasteiger partial charge in [-0.1, -0.05) is 42.5 Å². The Bertz CT molecular complexity index is 733.